The second-order valence-electron chi connectivity index (χ2n) is 4.13. The molecular formula is C12H14O2. The molecule has 2 nitrogen and oxygen atoms in total. The summed E-state index contributed by atoms with van der Waals surface area (Å²) in [4.78, 5) is 0. The summed E-state index contributed by atoms with van der Waals surface area (Å²) in [5, 5.41) is 20.0. The van der Waals surface area contributed by atoms with Crippen LogP contribution in [0.25, 0.3) is 5.76 Å². The Bertz CT molecular complexity index is 403. The van der Waals surface area contributed by atoms with Crippen molar-refractivity contribution in [2.75, 3.05) is 0 Å². The molecule has 0 saturated carbocycles. The number of hydrogen-bond donors (Lipinski definition) is 2. The van der Waals surface area contributed by atoms with Crippen molar-refractivity contribution < 1.29 is 10.2 Å². The summed E-state index contributed by atoms with van der Waals surface area (Å²) in [5.41, 5.74) is 1.55. The summed E-state index contributed by atoms with van der Waals surface area (Å²) >= 11 is 0. The lowest BCUT2D eigenvalue weighted by atomic mass is 9.80. The van der Waals surface area contributed by atoms with E-state index in [4.69, 9.17) is 0 Å². The molecular weight excluding hydrogens is 176 g/mol. The van der Waals surface area contributed by atoms with Crippen molar-refractivity contribution in [3.63, 3.8) is 0 Å². The van der Waals surface area contributed by atoms with Gasteiger partial charge in [-0.1, -0.05) is 24.3 Å². The van der Waals surface area contributed by atoms with Crippen LogP contribution >= 0.6 is 0 Å². The second-order valence-corrected chi connectivity index (χ2v) is 4.13. The number of fused-ring (bicyclic) bond motifs is 1. The maximum atomic E-state index is 10.2. The van der Waals surface area contributed by atoms with E-state index in [1.165, 1.54) is 0 Å². The Balaban J connectivity index is 2.69. The average Bonchev–Trinajstić information content (AvgIpc) is 2.14. The van der Waals surface area contributed by atoms with Crippen LogP contribution in [0.5, 0.6) is 0 Å². The molecule has 14 heavy (non-hydrogen) atoms. The molecule has 1 aliphatic rings. The van der Waals surface area contributed by atoms with Gasteiger partial charge in [0.05, 0.1) is 5.60 Å². The molecule has 0 aliphatic heterocycles. The molecule has 2 rings (SSSR count). The number of hydrogen-bond acceptors (Lipinski definition) is 2. The lowest BCUT2D eigenvalue weighted by Crippen LogP contribution is -2.26. The Morgan fingerprint density at radius 1 is 1.29 bits per heavy atom. The number of aliphatic hydroxyl groups is 2. The third-order valence-corrected chi connectivity index (χ3v) is 2.78. The third kappa shape index (κ3) is 1.23. The fourth-order valence-electron chi connectivity index (χ4n) is 2.08. The van der Waals surface area contributed by atoms with Crippen LogP contribution in [0.15, 0.2) is 29.8 Å². The third-order valence-electron chi connectivity index (χ3n) is 2.78. The molecule has 1 atom stereocenters. The van der Waals surface area contributed by atoms with E-state index in [1.807, 2.05) is 31.2 Å². The molecule has 1 unspecified atom stereocenters. The monoisotopic (exact) mass is 190 g/mol. The van der Waals surface area contributed by atoms with Gasteiger partial charge in [-0.25, -0.2) is 0 Å². The van der Waals surface area contributed by atoms with Crippen molar-refractivity contribution in [1.29, 1.82) is 0 Å². The van der Waals surface area contributed by atoms with Crippen molar-refractivity contribution in [1.82, 2.24) is 0 Å². The van der Waals surface area contributed by atoms with E-state index in [1.54, 1.807) is 6.92 Å². The van der Waals surface area contributed by atoms with Gasteiger partial charge >= 0.3 is 0 Å². The standard InChI is InChI=1S/C12H14O2/c1-8-7-12(2,14)10-6-4-3-5-9(10)11(8)13/h3-6,13-14H,7H2,1-2H3. The Kier molecular flexibility index (Phi) is 1.89. The molecule has 0 amide bonds. The molecule has 0 fully saturated rings. The smallest absolute Gasteiger partial charge is 0.122 e. The molecule has 0 radical (unpaired) electrons. The number of benzene rings is 1. The molecule has 2 heteroatoms. The molecule has 0 spiro atoms. The molecule has 0 saturated heterocycles. The minimum atomic E-state index is -0.854. The molecule has 0 heterocycles. The highest BCUT2D eigenvalue weighted by atomic mass is 16.3. The lowest BCUT2D eigenvalue weighted by molar-refractivity contribution is 0.0545. The predicted molar refractivity (Wildman–Crippen MR) is 55.9 cm³/mol. The van der Waals surface area contributed by atoms with Crippen molar-refractivity contribution in [3.05, 3.63) is 41.0 Å². The summed E-state index contributed by atoms with van der Waals surface area (Å²) in [6.07, 6.45) is 0.496. The number of aliphatic hydroxyl groups excluding tert-OH is 1. The zero-order valence-electron chi connectivity index (χ0n) is 8.41. The van der Waals surface area contributed by atoms with E-state index in [-0.39, 0.29) is 0 Å². The van der Waals surface area contributed by atoms with E-state index in [0.717, 1.165) is 16.7 Å². The first-order valence-corrected chi connectivity index (χ1v) is 4.73. The van der Waals surface area contributed by atoms with Crippen molar-refractivity contribution in [2.45, 2.75) is 25.9 Å². The first-order chi connectivity index (χ1) is 6.52. The molecule has 2 N–H and O–H groups in total. The van der Waals surface area contributed by atoms with Gasteiger partial charge in [-0.2, -0.15) is 0 Å². The van der Waals surface area contributed by atoms with Crippen LogP contribution < -0.4 is 0 Å². The van der Waals surface area contributed by atoms with Crippen molar-refractivity contribution in [3.8, 4) is 0 Å². The zero-order chi connectivity index (χ0) is 10.3. The molecule has 1 aliphatic carbocycles. The van der Waals surface area contributed by atoms with Crippen LogP contribution in [0.1, 0.15) is 31.4 Å². The van der Waals surface area contributed by atoms with E-state index < -0.39 is 5.60 Å². The lowest BCUT2D eigenvalue weighted by Gasteiger charge is -2.31. The van der Waals surface area contributed by atoms with Crippen LogP contribution in [0.4, 0.5) is 0 Å². The van der Waals surface area contributed by atoms with E-state index in [9.17, 15) is 10.2 Å². The fraction of sp³-hybridized carbons (Fsp3) is 0.333. The summed E-state index contributed by atoms with van der Waals surface area (Å²) < 4.78 is 0. The van der Waals surface area contributed by atoms with Crippen LogP contribution in [0.3, 0.4) is 0 Å². The average molecular weight is 190 g/mol. The van der Waals surface area contributed by atoms with Gasteiger partial charge in [0.1, 0.15) is 5.76 Å². The fourth-order valence-corrected chi connectivity index (χ4v) is 2.08. The topological polar surface area (TPSA) is 40.5 Å². The van der Waals surface area contributed by atoms with Gasteiger partial charge in [0.2, 0.25) is 0 Å². The van der Waals surface area contributed by atoms with Gasteiger partial charge in [-0.05, 0) is 25.0 Å². The minimum absolute atomic E-state index is 0.312. The van der Waals surface area contributed by atoms with Gasteiger partial charge in [0.25, 0.3) is 0 Å². The summed E-state index contributed by atoms with van der Waals surface area (Å²) in [6.45, 7) is 3.63. The Labute approximate surface area is 83.5 Å². The molecule has 1 aromatic rings. The summed E-state index contributed by atoms with van der Waals surface area (Å²) in [7, 11) is 0. The highest BCUT2D eigenvalue weighted by Crippen LogP contribution is 2.39. The van der Waals surface area contributed by atoms with Gasteiger partial charge in [-0.3, -0.25) is 0 Å². The predicted octanol–water partition coefficient (Wildman–Crippen LogP) is 2.59. The van der Waals surface area contributed by atoms with Crippen molar-refractivity contribution >= 4 is 5.76 Å². The molecule has 0 aromatic heterocycles. The van der Waals surface area contributed by atoms with Crippen molar-refractivity contribution in [2.24, 2.45) is 0 Å². The SMILES string of the molecule is CC1=C(O)c2ccccc2C(C)(O)C1. The van der Waals surface area contributed by atoms with E-state index in [0.29, 0.717) is 12.2 Å². The van der Waals surface area contributed by atoms with Crippen LogP contribution in [0.2, 0.25) is 0 Å². The van der Waals surface area contributed by atoms with Gasteiger partial charge in [-0.15, -0.1) is 0 Å². The summed E-state index contributed by atoms with van der Waals surface area (Å²) in [5.74, 6) is 0.312. The zero-order valence-corrected chi connectivity index (χ0v) is 8.41. The normalized spacial score (nSPS) is 26.2. The number of rotatable bonds is 0. The van der Waals surface area contributed by atoms with Gasteiger partial charge in [0.15, 0.2) is 0 Å². The van der Waals surface area contributed by atoms with Gasteiger partial charge in [0, 0.05) is 12.0 Å². The van der Waals surface area contributed by atoms with Crippen LogP contribution in [-0.4, -0.2) is 10.2 Å². The van der Waals surface area contributed by atoms with E-state index in [2.05, 4.69) is 0 Å². The quantitative estimate of drug-likeness (QED) is 0.660. The largest absolute Gasteiger partial charge is 0.507 e. The Morgan fingerprint density at radius 3 is 2.64 bits per heavy atom. The van der Waals surface area contributed by atoms with Gasteiger partial charge < -0.3 is 10.2 Å². The van der Waals surface area contributed by atoms with E-state index >= 15 is 0 Å². The first-order valence-electron chi connectivity index (χ1n) is 4.73. The Morgan fingerprint density at radius 2 is 1.93 bits per heavy atom. The maximum Gasteiger partial charge on any atom is 0.122 e. The summed E-state index contributed by atoms with van der Waals surface area (Å²) in [6, 6.07) is 7.44. The second kappa shape index (κ2) is 2.85. The Hall–Kier alpha value is -1.28. The maximum absolute atomic E-state index is 10.2. The first kappa shape index (κ1) is 9.28. The highest BCUT2D eigenvalue weighted by molar-refractivity contribution is 5.68. The minimum Gasteiger partial charge on any atom is -0.507 e. The molecule has 74 valence electrons. The van der Waals surface area contributed by atoms with Crippen LogP contribution in [0, 0.1) is 0 Å². The highest BCUT2D eigenvalue weighted by Gasteiger charge is 2.32. The molecule has 1 aromatic carbocycles. The molecule has 0 bridgehead atoms. The van der Waals surface area contributed by atoms with Crippen LogP contribution in [-0.2, 0) is 5.60 Å².